The lowest BCUT2D eigenvalue weighted by molar-refractivity contribution is -0.384. The number of benzene rings is 2. The molecule has 5 aromatic rings. The molecule has 2 aromatic carbocycles. The Kier molecular flexibility index (Phi) is 13.3. The molecule has 5 heterocycles. The number of anilines is 2. The Bertz CT molecular complexity index is 2650. The number of H-pyrrole nitrogens is 1. The van der Waals surface area contributed by atoms with E-state index in [9.17, 15) is 23.3 Å². The van der Waals surface area contributed by atoms with Crippen molar-refractivity contribution in [3.63, 3.8) is 0 Å². The average Bonchev–Trinajstić information content (AvgIpc) is 3.80. The minimum absolute atomic E-state index is 0.00960. The van der Waals surface area contributed by atoms with Crippen molar-refractivity contribution in [1.82, 2.24) is 24.6 Å². The summed E-state index contributed by atoms with van der Waals surface area (Å²) in [6.45, 7) is 11.4. The van der Waals surface area contributed by atoms with Crippen molar-refractivity contribution in [1.29, 1.82) is 0 Å². The van der Waals surface area contributed by atoms with Crippen molar-refractivity contribution >= 4 is 44.2 Å². The summed E-state index contributed by atoms with van der Waals surface area (Å²) in [6, 6.07) is 19.4. The number of rotatable bonds is 13. The fraction of sp³-hybridized carbons (Fsp3) is 0.500. The molecule has 4 fully saturated rings. The summed E-state index contributed by atoms with van der Waals surface area (Å²) in [4.78, 5) is 41.7. The van der Waals surface area contributed by atoms with Gasteiger partial charge in [0.05, 0.1) is 42.1 Å². The third kappa shape index (κ3) is 9.91. The number of piperidine rings is 1. The van der Waals surface area contributed by atoms with Crippen LogP contribution in [0, 0.1) is 27.4 Å². The Balaban J connectivity index is 0.892. The number of aromatic amines is 1. The third-order valence-electron chi connectivity index (χ3n) is 14.9. The maximum absolute atomic E-state index is 14.0. The molecule has 2 saturated heterocycles. The number of pyridine rings is 2. The molecule has 3 aromatic heterocycles. The van der Waals surface area contributed by atoms with Gasteiger partial charge in [-0.25, -0.2) is 23.1 Å². The van der Waals surface area contributed by atoms with Crippen LogP contribution in [0.2, 0.25) is 0 Å². The molecule has 2 aliphatic heterocycles. The minimum Gasteiger partial charge on any atom is -0.455 e. The van der Waals surface area contributed by atoms with Crippen LogP contribution in [0.4, 0.5) is 17.2 Å². The SMILES string of the molecule is CC1CCC(CNc2ncc(S(=O)(=O)NC(=O)c3ccc(N4CCC5(CCC(N6CCOC[C@H]6c6ccccc6C(C)C)CC5)CC4)cc3Oc3cnc4[nH]ccc4c3)cc2[N+](=O)[O-])CC1. The van der Waals surface area contributed by atoms with Crippen LogP contribution in [0.3, 0.4) is 0 Å². The van der Waals surface area contributed by atoms with E-state index >= 15 is 0 Å². The maximum atomic E-state index is 14.0. The summed E-state index contributed by atoms with van der Waals surface area (Å²) in [5.74, 6) is 1.01. The molecule has 4 aliphatic rings. The van der Waals surface area contributed by atoms with E-state index in [1.54, 1.807) is 30.6 Å². The van der Waals surface area contributed by atoms with Crippen molar-refractivity contribution in [3.05, 3.63) is 106 Å². The highest BCUT2D eigenvalue weighted by molar-refractivity contribution is 7.90. The number of amides is 1. The molecule has 2 saturated carbocycles. The minimum atomic E-state index is -4.60. The number of hydrogen-bond donors (Lipinski definition) is 3. The largest absolute Gasteiger partial charge is 0.455 e. The number of morpholine rings is 1. The van der Waals surface area contributed by atoms with Gasteiger partial charge in [0.15, 0.2) is 0 Å². The van der Waals surface area contributed by atoms with Gasteiger partial charge in [-0.1, -0.05) is 57.9 Å². The van der Waals surface area contributed by atoms with Gasteiger partial charge >= 0.3 is 5.69 Å². The molecule has 1 atom stereocenters. The molecule has 9 rings (SSSR count). The van der Waals surface area contributed by atoms with Crippen LogP contribution in [0.25, 0.3) is 11.0 Å². The molecule has 0 bridgehead atoms. The summed E-state index contributed by atoms with van der Waals surface area (Å²) in [5, 5.41) is 16.0. The summed E-state index contributed by atoms with van der Waals surface area (Å²) < 4.78 is 42.0. The zero-order chi connectivity index (χ0) is 46.0. The number of fused-ring (bicyclic) bond motifs is 1. The Morgan fingerprint density at radius 3 is 2.50 bits per heavy atom. The Labute approximate surface area is 387 Å². The number of carbonyl (C=O) groups is 1. The maximum Gasteiger partial charge on any atom is 0.312 e. The molecule has 3 N–H and O–H groups in total. The lowest BCUT2D eigenvalue weighted by Gasteiger charge is -2.50. The van der Waals surface area contributed by atoms with Crippen LogP contribution in [-0.4, -0.2) is 84.5 Å². The zero-order valence-corrected chi connectivity index (χ0v) is 39.0. The summed E-state index contributed by atoms with van der Waals surface area (Å²) >= 11 is 0. The lowest BCUT2D eigenvalue weighted by atomic mass is 9.66. The van der Waals surface area contributed by atoms with Crippen molar-refractivity contribution in [3.8, 4) is 11.5 Å². The highest BCUT2D eigenvalue weighted by Gasteiger charge is 2.42. The van der Waals surface area contributed by atoms with Crippen molar-refractivity contribution in [2.75, 3.05) is 49.6 Å². The predicted octanol–water partition coefficient (Wildman–Crippen LogP) is 9.74. The first kappa shape index (κ1) is 45.6. The molecule has 16 heteroatoms. The van der Waals surface area contributed by atoms with Crippen molar-refractivity contribution < 1.29 is 27.6 Å². The topological polar surface area (TPSA) is 185 Å². The third-order valence-corrected chi connectivity index (χ3v) is 16.2. The molecule has 1 spiro atoms. The van der Waals surface area contributed by atoms with Crippen LogP contribution in [0.5, 0.6) is 11.5 Å². The van der Waals surface area contributed by atoms with Gasteiger partial charge in [0.1, 0.15) is 22.0 Å². The normalized spacial score (nSPS) is 21.8. The summed E-state index contributed by atoms with van der Waals surface area (Å²) in [6.07, 6.45) is 15.3. The first-order chi connectivity index (χ1) is 31.8. The number of nitro groups is 1. The van der Waals surface area contributed by atoms with Gasteiger partial charge in [-0.2, -0.15) is 0 Å². The van der Waals surface area contributed by atoms with Gasteiger partial charge in [-0.15, -0.1) is 0 Å². The van der Waals surface area contributed by atoms with Gasteiger partial charge in [0.25, 0.3) is 15.9 Å². The molecular formula is C50H62N8O7S. The predicted molar refractivity (Wildman–Crippen MR) is 255 cm³/mol. The van der Waals surface area contributed by atoms with E-state index in [0.717, 1.165) is 108 Å². The van der Waals surface area contributed by atoms with E-state index in [1.165, 1.54) is 24.0 Å². The van der Waals surface area contributed by atoms with Gasteiger partial charge in [-0.3, -0.25) is 19.8 Å². The Hall–Kier alpha value is -5.58. The highest BCUT2D eigenvalue weighted by Crippen LogP contribution is 2.48. The van der Waals surface area contributed by atoms with E-state index in [0.29, 0.717) is 41.7 Å². The number of sulfonamides is 1. The monoisotopic (exact) mass is 918 g/mol. The molecule has 350 valence electrons. The van der Waals surface area contributed by atoms with E-state index in [-0.39, 0.29) is 28.6 Å². The standard InChI is InChI=1S/C50H62N8O7S/c1-33(2)41-6-4-5-7-42(41)45-32-64-25-24-57(45)37-14-17-50(18-15-37)19-22-56(23-20-50)38-12-13-43(46(27-38)65-39-26-36-16-21-51-47(36)53-30-39)49(59)55-66(62,63)40-28-44(58(60)61)48(54-31-40)52-29-35-10-8-34(3)9-11-35/h4-7,12-13,16,21,26-28,30-31,33-35,37,45H,8-11,14-15,17-20,22-25,29,32H2,1-3H3,(H,51,53)(H,52,54)(H,55,59)/t34?,35?,45-/m0/s1. The second kappa shape index (κ2) is 19.3. The number of ether oxygens (including phenoxy) is 2. The number of nitrogens with one attached hydrogen (secondary N) is 3. The van der Waals surface area contributed by atoms with Crippen LogP contribution in [-0.2, 0) is 14.8 Å². The van der Waals surface area contributed by atoms with Crippen LogP contribution in [0.15, 0.2) is 84.1 Å². The van der Waals surface area contributed by atoms with E-state index in [2.05, 4.69) is 79.8 Å². The summed E-state index contributed by atoms with van der Waals surface area (Å²) in [7, 11) is -4.60. The first-order valence-electron chi connectivity index (χ1n) is 23.7. The van der Waals surface area contributed by atoms with Crippen LogP contribution in [0.1, 0.15) is 118 Å². The van der Waals surface area contributed by atoms with E-state index in [1.807, 2.05) is 12.1 Å². The fourth-order valence-electron chi connectivity index (χ4n) is 10.9. The molecule has 66 heavy (non-hydrogen) atoms. The van der Waals surface area contributed by atoms with Gasteiger partial charge < -0.3 is 24.7 Å². The number of aromatic nitrogens is 3. The second-order valence-electron chi connectivity index (χ2n) is 19.4. The number of carbonyl (C=O) groups excluding carboxylic acids is 1. The van der Waals surface area contributed by atoms with Crippen LogP contribution >= 0.6 is 0 Å². The molecule has 1 amide bonds. The number of nitrogens with zero attached hydrogens (tertiary/aromatic N) is 5. The van der Waals surface area contributed by atoms with E-state index < -0.39 is 31.4 Å². The van der Waals surface area contributed by atoms with Crippen molar-refractivity contribution in [2.45, 2.75) is 108 Å². The Morgan fingerprint density at radius 2 is 1.74 bits per heavy atom. The average molecular weight is 919 g/mol. The molecular weight excluding hydrogens is 857 g/mol. The van der Waals surface area contributed by atoms with E-state index in [4.69, 9.17) is 9.47 Å². The Morgan fingerprint density at radius 1 is 0.970 bits per heavy atom. The number of hydrogen-bond acceptors (Lipinski definition) is 12. The molecule has 0 unspecified atom stereocenters. The van der Waals surface area contributed by atoms with Gasteiger partial charge in [0, 0.05) is 61.6 Å². The van der Waals surface area contributed by atoms with Crippen LogP contribution < -0.4 is 19.7 Å². The quantitative estimate of drug-likeness (QED) is 0.0752. The van der Waals surface area contributed by atoms with Crippen molar-refractivity contribution in [2.24, 2.45) is 17.3 Å². The molecule has 15 nitrogen and oxygen atoms in total. The van der Waals surface area contributed by atoms with Gasteiger partial charge in [-0.05, 0) is 110 Å². The summed E-state index contributed by atoms with van der Waals surface area (Å²) in [5.41, 5.74) is 4.09. The fourth-order valence-corrected chi connectivity index (χ4v) is 11.8. The smallest absolute Gasteiger partial charge is 0.312 e. The zero-order valence-electron chi connectivity index (χ0n) is 38.2. The lowest BCUT2D eigenvalue weighted by Crippen LogP contribution is -2.50. The molecule has 0 radical (unpaired) electrons. The van der Waals surface area contributed by atoms with Gasteiger partial charge in [0.2, 0.25) is 5.82 Å². The first-order valence-corrected chi connectivity index (χ1v) is 25.2. The molecule has 2 aliphatic carbocycles. The highest BCUT2D eigenvalue weighted by atomic mass is 32.2. The second-order valence-corrected chi connectivity index (χ2v) is 21.1.